The molecule has 0 spiro atoms. The fraction of sp³-hybridized carbons (Fsp3) is 0. The summed E-state index contributed by atoms with van der Waals surface area (Å²) in [6.45, 7) is 0. The van der Waals surface area contributed by atoms with Gasteiger partial charge in [0.2, 0.25) is 0 Å². The third-order valence-electron chi connectivity index (χ3n) is 0. The minimum atomic E-state index is -3.11. The zero-order chi connectivity index (χ0) is 7.15. The molecule has 0 saturated carbocycles. The van der Waals surface area contributed by atoms with Gasteiger partial charge in [0.1, 0.15) is 0 Å². The van der Waals surface area contributed by atoms with Gasteiger partial charge in [0.15, 0.2) is 0 Å². The van der Waals surface area contributed by atoms with Gasteiger partial charge in [0, 0.05) is 0 Å². The number of hydrogen-bond acceptors (Lipinski definition) is 5. The molecule has 0 radical (unpaired) electrons. The van der Waals surface area contributed by atoms with E-state index in [2.05, 4.69) is 0 Å². The first kappa shape index (κ1) is 58.8. The van der Waals surface area contributed by atoms with Crippen molar-refractivity contribution in [1.82, 2.24) is 0 Å². The Hall–Kier alpha value is 5.59. The van der Waals surface area contributed by atoms with Crippen LogP contribution in [0.25, 0.3) is 0 Å². The molecule has 15 heavy (non-hydrogen) atoms. The van der Waals surface area contributed by atoms with Crippen molar-refractivity contribution in [3.8, 4) is 0 Å². The van der Waals surface area contributed by atoms with Crippen LogP contribution in [0.3, 0.4) is 0 Å². The van der Waals surface area contributed by atoms with Gasteiger partial charge in [-0.05, 0) is 0 Å². The molecule has 0 aliphatic carbocycles. The van der Waals surface area contributed by atoms with Crippen molar-refractivity contribution in [3.05, 3.63) is 0 Å². The molecule has 76 valence electrons. The minimum Gasteiger partial charge on any atom is -2.00 e. The topological polar surface area (TPSA) is 124 Å². The van der Waals surface area contributed by atoms with E-state index >= 15 is 0 Å². The predicted molar refractivity (Wildman–Crippen MR) is 55.1 cm³/mol. The fourth-order valence-electron chi connectivity index (χ4n) is 0. The Balaban J connectivity index is -0.00000000468. The summed E-state index contributed by atoms with van der Waals surface area (Å²) in [7, 11) is 0. The molecule has 0 aromatic rings. The van der Waals surface area contributed by atoms with Crippen LogP contribution in [0, 0.1) is 0 Å². The Bertz CT molecular complexity index is 87.5. The summed E-state index contributed by atoms with van der Waals surface area (Å²) in [5.74, 6) is 0. The molecule has 1 atom stereocenters. The van der Waals surface area contributed by atoms with Crippen molar-refractivity contribution in [2.75, 3.05) is 0 Å². The maximum atomic E-state index is 8.56. The molecule has 0 bridgehead atoms. The van der Waals surface area contributed by atoms with Crippen LogP contribution < -0.4 is 110 Å². The molecule has 6 nitrogen and oxygen atoms in total. The standard InChI is InChI=1S/K.Mg.2Na.2H2O3S.2H2S.S/c;;;;2*1-4(2)3;;;/h;;;;2*(H2,1,2,3);2*1H2;/q+1;+2;2*+1;;;;;-2/p-3. The summed E-state index contributed by atoms with van der Waals surface area (Å²) >= 11 is -5.97. The molecule has 15 heteroatoms. The van der Waals surface area contributed by atoms with Gasteiger partial charge in [-0.25, -0.2) is 4.21 Å². The number of rotatable bonds is 0. The van der Waals surface area contributed by atoms with Gasteiger partial charge in [-0.1, -0.05) is 0 Å². The second-order valence-corrected chi connectivity index (χ2v) is 1.26. The summed E-state index contributed by atoms with van der Waals surface area (Å²) in [4.78, 5) is 0. The van der Waals surface area contributed by atoms with Crippen LogP contribution in [-0.4, -0.2) is 49.7 Å². The van der Waals surface area contributed by atoms with Crippen molar-refractivity contribution in [3.63, 3.8) is 0 Å². The van der Waals surface area contributed by atoms with Crippen molar-refractivity contribution in [1.29, 1.82) is 0 Å². The third kappa shape index (κ3) is 194. The van der Waals surface area contributed by atoms with Gasteiger partial charge < -0.3 is 31.7 Å². The quantitative estimate of drug-likeness (QED) is 0.333. The molecule has 1 N–H and O–H groups in total. The van der Waals surface area contributed by atoms with Crippen LogP contribution in [0.4, 0.5) is 0 Å². The van der Waals surface area contributed by atoms with Crippen molar-refractivity contribution >= 4 is 86.3 Å². The van der Waals surface area contributed by atoms with E-state index in [0.29, 0.717) is 0 Å². The molecular formula is H5KMgNa2O6S5. The van der Waals surface area contributed by atoms with Crippen LogP contribution >= 0.6 is 27.0 Å². The molecule has 0 saturated heterocycles. The smallest absolute Gasteiger partial charge is 2.00 e. The third-order valence-corrected chi connectivity index (χ3v) is 0. The first-order valence-electron chi connectivity index (χ1n) is 1.02. The van der Waals surface area contributed by atoms with Gasteiger partial charge in [0.05, 0.1) is 11.4 Å². The Kier molecular flexibility index (Phi) is 198. The second kappa shape index (κ2) is 50.4. The van der Waals surface area contributed by atoms with E-state index in [-0.39, 0.29) is 174 Å². The van der Waals surface area contributed by atoms with Gasteiger partial charge in [-0.15, -0.1) is 11.4 Å². The minimum absolute atomic E-state index is 0. The molecular weight excluding hydrogens is 366 g/mol. The summed E-state index contributed by atoms with van der Waals surface area (Å²) < 4.78 is 49.4. The van der Waals surface area contributed by atoms with E-state index in [1.54, 1.807) is 0 Å². The molecule has 1 unspecified atom stereocenters. The first-order valence-corrected chi connectivity index (χ1v) is 3.05. The Morgan fingerprint density at radius 3 is 0.933 bits per heavy atom. The SMILES string of the molecule is O=S([O-])O.O=S([O-])[O-].S.S.[K+].[Mg+2].[Na+].[Na+].[S-2]. The predicted octanol–water partition coefficient (Wildman–Crippen LogP) is -10.8. The Labute approximate surface area is 218 Å². The molecule has 0 rings (SSSR count). The number of hydrogen-bond donors (Lipinski definition) is 1. The zero-order valence-corrected chi connectivity index (χ0v) is 21.4. The molecule has 0 amide bonds. The average Bonchev–Trinajstić information content (AvgIpc) is 1.25. The summed E-state index contributed by atoms with van der Waals surface area (Å²) in [5, 5.41) is 0. The average molecular weight is 371 g/mol. The summed E-state index contributed by atoms with van der Waals surface area (Å²) in [6.07, 6.45) is 0. The summed E-state index contributed by atoms with van der Waals surface area (Å²) in [5.41, 5.74) is 0. The second-order valence-electron chi connectivity index (χ2n) is 0.421. The molecule has 0 aromatic heterocycles. The van der Waals surface area contributed by atoms with Crippen LogP contribution in [-0.2, 0) is 36.2 Å². The van der Waals surface area contributed by atoms with Crippen molar-refractivity contribution in [2.45, 2.75) is 0 Å². The largest absolute Gasteiger partial charge is 2.00 e. The van der Waals surface area contributed by atoms with Crippen LogP contribution in [0.1, 0.15) is 0 Å². The molecule has 0 fully saturated rings. The van der Waals surface area contributed by atoms with Crippen LogP contribution in [0.15, 0.2) is 0 Å². The summed E-state index contributed by atoms with van der Waals surface area (Å²) in [6, 6.07) is 0. The molecule has 0 heterocycles. The van der Waals surface area contributed by atoms with Gasteiger partial charge in [-0.2, -0.15) is 27.0 Å². The van der Waals surface area contributed by atoms with E-state index in [9.17, 15) is 0 Å². The van der Waals surface area contributed by atoms with E-state index < -0.39 is 22.7 Å². The zero-order valence-electron chi connectivity index (χ0n) is 8.42. The van der Waals surface area contributed by atoms with E-state index in [4.69, 9.17) is 26.6 Å². The van der Waals surface area contributed by atoms with Crippen LogP contribution in [0.2, 0.25) is 0 Å². The molecule has 0 aliphatic rings. The van der Waals surface area contributed by atoms with E-state index in [1.807, 2.05) is 0 Å². The van der Waals surface area contributed by atoms with Gasteiger partial charge in [0.25, 0.3) is 0 Å². The maximum absolute atomic E-state index is 8.56. The molecule has 0 aliphatic heterocycles. The van der Waals surface area contributed by atoms with Crippen molar-refractivity contribution in [2.24, 2.45) is 0 Å². The van der Waals surface area contributed by atoms with E-state index in [0.717, 1.165) is 0 Å². The van der Waals surface area contributed by atoms with Gasteiger partial charge >= 0.3 is 134 Å². The first-order chi connectivity index (χ1) is 3.46. The van der Waals surface area contributed by atoms with Crippen LogP contribution in [0.5, 0.6) is 0 Å². The van der Waals surface area contributed by atoms with Gasteiger partial charge in [-0.3, -0.25) is 4.21 Å². The monoisotopic (exact) mass is 370 g/mol. The Morgan fingerprint density at radius 1 is 0.933 bits per heavy atom. The van der Waals surface area contributed by atoms with E-state index in [1.165, 1.54) is 0 Å². The molecule has 0 aromatic carbocycles. The Morgan fingerprint density at radius 2 is 0.933 bits per heavy atom. The normalized spacial score (nSPS) is 6.47. The fourth-order valence-corrected chi connectivity index (χ4v) is 0. The maximum Gasteiger partial charge on any atom is 2.00 e. The van der Waals surface area contributed by atoms with Crippen molar-refractivity contribution < 1.29 is 137 Å².